The molecule has 3 rings (SSSR count). The van der Waals surface area contributed by atoms with Crippen LogP contribution in [0.1, 0.15) is 12.6 Å². The number of aliphatic hydroxyl groups excluding tert-OH is 2. The Balaban J connectivity index is 1.64. The molecule has 0 saturated carbocycles. The highest BCUT2D eigenvalue weighted by Crippen LogP contribution is 2.66. The van der Waals surface area contributed by atoms with Crippen LogP contribution < -0.4 is 10.6 Å². The number of imidazole rings is 1. The van der Waals surface area contributed by atoms with E-state index in [1.807, 2.05) is 22.6 Å². The molecule has 3 heterocycles. The van der Waals surface area contributed by atoms with Crippen LogP contribution in [0.5, 0.6) is 0 Å². The first kappa shape index (κ1) is 32.4. The molecule has 20 nitrogen and oxygen atoms in total. The number of carbonyl (C=O) groups excluding carboxylic acids is 1. The van der Waals surface area contributed by atoms with Crippen molar-refractivity contribution in [2.45, 2.75) is 31.0 Å². The van der Waals surface area contributed by atoms with E-state index >= 15 is 0 Å². The molecule has 6 atom stereocenters. The Morgan fingerprint density at radius 2 is 1.77 bits per heavy atom. The van der Waals surface area contributed by atoms with E-state index in [0.29, 0.717) is 29.8 Å². The Bertz CT molecular complexity index is 1310. The van der Waals surface area contributed by atoms with Crippen LogP contribution in [-0.4, -0.2) is 97.6 Å². The van der Waals surface area contributed by atoms with Crippen LogP contribution in [0.15, 0.2) is 12.7 Å². The van der Waals surface area contributed by atoms with Crippen LogP contribution >= 0.6 is 46.1 Å². The summed E-state index contributed by atoms with van der Waals surface area (Å²) in [6.45, 7) is -0.0926. The summed E-state index contributed by atoms with van der Waals surface area (Å²) in [7, 11) is -16.8. The number of hydrogen-bond acceptors (Lipinski definition) is 14. The molecule has 0 bridgehead atoms. The highest BCUT2D eigenvalue weighted by molar-refractivity contribution is 14.1. The third-order valence-corrected chi connectivity index (χ3v) is 9.37. The quantitative estimate of drug-likeness (QED) is 0.0507. The van der Waals surface area contributed by atoms with Gasteiger partial charge in [0.1, 0.15) is 24.6 Å². The lowest BCUT2D eigenvalue weighted by molar-refractivity contribution is -0.118. The van der Waals surface area contributed by atoms with E-state index < -0.39 is 54.6 Å². The summed E-state index contributed by atoms with van der Waals surface area (Å²) in [5.74, 6) is 0.257. The van der Waals surface area contributed by atoms with Gasteiger partial charge in [0.15, 0.2) is 23.2 Å². The van der Waals surface area contributed by atoms with Gasteiger partial charge in [0, 0.05) is 13.1 Å². The predicted octanol–water partition coefficient (Wildman–Crippen LogP) is -0.858. The van der Waals surface area contributed by atoms with Crippen molar-refractivity contribution in [2.24, 2.45) is 0 Å². The van der Waals surface area contributed by atoms with Gasteiger partial charge in [0.25, 0.3) is 0 Å². The zero-order chi connectivity index (χ0) is 29.0. The lowest BCUT2D eigenvalue weighted by Gasteiger charge is -2.19. The van der Waals surface area contributed by atoms with Gasteiger partial charge in [0.2, 0.25) is 5.91 Å². The van der Waals surface area contributed by atoms with E-state index in [0.717, 1.165) is 0 Å². The number of nitrogens with one attached hydrogen (secondary N) is 2. The summed E-state index contributed by atoms with van der Waals surface area (Å²) >= 11 is 1.95. The number of phosphoric ester groups is 1. The second-order valence-electron chi connectivity index (χ2n) is 7.74. The highest BCUT2D eigenvalue weighted by atomic mass is 127. The number of aromatic nitrogens is 4. The smallest absolute Gasteiger partial charge is 0.387 e. The lowest BCUT2D eigenvalue weighted by Crippen LogP contribution is -2.33. The third-order valence-electron chi connectivity index (χ3n) is 4.88. The maximum Gasteiger partial charge on any atom is 0.490 e. The number of fused-ring (bicyclic) bond motifs is 1. The maximum absolute atomic E-state index is 11.9. The third kappa shape index (κ3) is 9.17. The average molecular weight is 732 g/mol. The largest absolute Gasteiger partial charge is 0.490 e. The van der Waals surface area contributed by atoms with Crippen molar-refractivity contribution in [2.75, 3.05) is 29.4 Å². The van der Waals surface area contributed by atoms with E-state index in [1.165, 1.54) is 17.2 Å². The number of aliphatic hydroxyl groups is 2. The van der Waals surface area contributed by atoms with Crippen LogP contribution in [-0.2, 0) is 36.4 Å². The summed E-state index contributed by atoms with van der Waals surface area (Å²) < 4.78 is 53.0. The predicted molar refractivity (Wildman–Crippen MR) is 136 cm³/mol. The molecule has 0 spiro atoms. The van der Waals surface area contributed by atoms with Gasteiger partial charge >= 0.3 is 23.5 Å². The number of alkyl halides is 1. The van der Waals surface area contributed by atoms with Crippen LogP contribution in [0, 0.1) is 0 Å². The van der Waals surface area contributed by atoms with E-state index in [1.54, 1.807) is 0 Å². The van der Waals surface area contributed by atoms with Crippen molar-refractivity contribution in [3.63, 3.8) is 0 Å². The first-order chi connectivity index (χ1) is 18.1. The molecular formula is C15H24IN6O14P3. The molecule has 0 radical (unpaired) electrons. The van der Waals surface area contributed by atoms with Crippen LogP contribution in [0.25, 0.3) is 11.2 Å². The average Bonchev–Trinajstić information content (AvgIpc) is 3.36. The Labute approximate surface area is 232 Å². The SMILES string of the molecule is O=C(CI)NCCCNc1ncnc2c1ncn2C1OC(COP(=O)(O)OP(=O)(O)OP(=O)(O)O)C(O)C1O. The first-order valence-electron chi connectivity index (χ1n) is 10.7. The monoisotopic (exact) mass is 732 g/mol. The molecule has 39 heavy (non-hydrogen) atoms. The number of rotatable bonds is 14. The van der Waals surface area contributed by atoms with Gasteiger partial charge in [-0.2, -0.15) is 8.62 Å². The van der Waals surface area contributed by atoms with Gasteiger partial charge in [-0.05, 0) is 6.42 Å². The van der Waals surface area contributed by atoms with Gasteiger partial charge in [-0.1, -0.05) is 22.6 Å². The van der Waals surface area contributed by atoms with Gasteiger partial charge in [-0.15, -0.1) is 0 Å². The fourth-order valence-corrected chi connectivity index (χ4v) is 6.60. The molecule has 1 saturated heterocycles. The fraction of sp³-hybridized carbons (Fsp3) is 0.600. The summed E-state index contributed by atoms with van der Waals surface area (Å²) in [6.07, 6.45) is -3.07. The number of amides is 1. The Kier molecular flexibility index (Phi) is 11.0. The molecule has 1 aliphatic heterocycles. The van der Waals surface area contributed by atoms with Gasteiger partial charge < -0.3 is 45.2 Å². The van der Waals surface area contributed by atoms with E-state index in [2.05, 4.69) is 38.7 Å². The lowest BCUT2D eigenvalue weighted by atomic mass is 10.1. The van der Waals surface area contributed by atoms with E-state index in [-0.39, 0.29) is 17.1 Å². The van der Waals surface area contributed by atoms with Crippen molar-refractivity contribution in [1.82, 2.24) is 24.8 Å². The first-order valence-corrected chi connectivity index (χ1v) is 16.7. The van der Waals surface area contributed by atoms with Gasteiger partial charge in [-0.3, -0.25) is 13.9 Å². The number of carbonyl (C=O) groups is 1. The molecule has 1 amide bonds. The normalized spacial score (nSPS) is 24.8. The molecule has 1 fully saturated rings. The van der Waals surface area contributed by atoms with Crippen molar-refractivity contribution >= 4 is 68.9 Å². The zero-order valence-electron chi connectivity index (χ0n) is 19.5. The standard InChI is InChI=1S/C15H24IN6O14P3/c16-4-9(23)17-2-1-3-18-13-10-14(20-6-19-13)22(7-21-10)15-12(25)11(24)8(34-15)5-33-38(29,30)36-39(31,32)35-37(26,27)28/h6-8,11-12,15,24-25H,1-5H2,(H,17,23)(H,29,30)(H,31,32)(H,18,19,20)(H2,26,27,28). The molecule has 2 aromatic heterocycles. The molecular weight excluding hydrogens is 708 g/mol. The van der Waals surface area contributed by atoms with Crippen molar-refractivity contribution in [3.8, 4) is 0 Å². The van der Waals surface area contributed by atoms with E-state index in [9.17, 15) is 38.5 Å². The minimum atomic E-state index is -5.73. The van der Waals surface area contributed by atoms with Crippen LogP contribution in [0.2, 0.25) is 0 Å². The molecule has 0 aliphatic carbocycles. The van der Waals surface area contributed by atoms with Crippen molar-refractivity contribution in [1.29, 1.82) is 0 Å². The molecule has 6 unspecified atom stereocenters. The number of halogens is 1. The molecule has 2 aromatic rings. The summed E-state index contributed by atoms with van der Waals surface area (Å²) in [6, 6.07) is 0. The number of phosphoric acid groups is 3. The summed E-state index contributed by atoms with van der Waals surface area (Å²) in [5.41, 5.74) is 0.478. The van der Waals surface area contributed by atoms with Crippen molar-refractivity contribution in [3.05, 3.63) is 12.7 Å². The Morgan fingerprint density at radius 1 is 1.05 bits per heavy atom. The second kappa shape index (κ2) is 13.2. The van der Waals surface area contributed by atoms with Crippen LogP contribution in [0.3, 0.4) is 0 Å². The summed E-state index contributed by atoms with van der Waals surface area (Å²) in [4.78, 5) is 59.7. The minimum absolute atomic E-state index is 0.0866. The maximum atomic E-state index is 11.9. The number of hydrogen-bond donors (Lipinski definition) is 8. The fourth-order valence-electron chi connectivity index (χ4n) is 3.31. The molecule has 24 heteroatoms. The molecule has 8 N–H and O–H groups in total. The van der Waals surface area contributed by atoms with E-state index in [4.69, 9.17) is 14.5 Å². The molecule has 1 aliphatic rings. The van der Waals surface area contributed by atoms with Crippen LogP contribution in [0.4, 0.5) is 5.82 Å². The van der Waals surface area contributed by atoms with Crippen molar-refractivity contribution < 1.29 is 66.2 Å². The number of anilines is 1. The Morgan fingerprint density at radius 3 is 2.44 bits per heavy atom. The second-order valence-corrected chi connectivity index (χ2v) is 12.9. The Hall–Kier alpha value is -1.16. The minimum Gasteiger partial charge on any atom is -0.387 e. The number of nitrogens with zero attached hydrogens (tertiary/aromatic N) is 4. The molecule has 220 valence electrons. The topological polar surface area (TPSA) is 294 Å². The summed E-state index contributed by atoms with van der Waals surface area (Å²) in [5, 5.41) is 26.6. The zero-order valence-corrected chi connectivity index (χ0v) is 24.3. The highest BCUT2D eigenvalue weighted by Gasteiger charge is 2.47. The van der Waals surface area contributed by atoms with Gasteiger partial charge in [0.05, 0.1) is 17.4 Å². The van der Waals surface area contributed by atoms with Gasteiger partial charge in [-0.25, -0.2) is 28.6 Å². The molecule has 0 aromatic carbocycles. The number of ether oxygens (including phenoxy) is 1.